The van der Waals surface area contributed by atoms with Gasteiger partial charge in [-0.2, -0.15) is 0 Å². The highest BCUT2D eigenvalue weighted by Gasteiger charge is 2.07. The van der Waals surface area contributed by atoms with Crippen molar-refractivity contribution in [1.29, 1.82) is 0 Å². The molecule has 0 bridgehead atoms. The zero-order chi connectivity index (χ0) is 12.7. The number of esters is 1. The molecule has 0 aromatic heterocycles. The van der Waals surface area contributed by atoms with Gasteiger partial charge in [0.2, 0.25) is 0 Å². The molecule has 1 atom stereocenters. The summed E-state index contributed by atoms with van der Waals surface area (Å²) in [6.07, 6.45) is 1.05. The molecule has 90 valence electrons. The topological polar surface area (TPSA) is 52.3 Å². The molecule has 1 aromatic carbocycles. The number of carbonyl (C=O) groups excluding carboxylic acids is 1. The number of rotatable bonds is 3. The molecular weight excluding hydrogens is 214 g/mol. The van der Waals surface area contributed by atoms with Crippen LogP contribution in [0.3, 0.4) is 0 Å². The van der Waals surface area contributed by atoms with Gasteiger partial charge in [0, 0.05) is 24.1 Å². The SMILES string of the molecule is COC(=O)C[C@H](C)CC#Cc1ccccc1N. The number of hydrogen-bond acceptors (Lipinski definition) is 3. The van der Waals surface area contributed by atoms with Gasteiger partial charge in [-0.15, -0.1) is 0 Å². The zero-order valence-corrected chi connectivity index (χ0v) is 10.2. The van der Waals surface area contributed by atoms with Crippen LogP contribution in [0, 0.1) is 17.8 Å². The molecule has 0 unspecified atom stereocenters. The maximum atomic E-state index is 11.0. The van der Waals surface area contributed by atoms with Crippen LogP contribution in [0.15, 0.2) is 24.3 Å². The van der Waals surface area contributed by atoms with Crippen LogP contribution >= 0.6 is 0 Å². The van der Waals surface area contributed by atoms with Crippen LogP contribution in [0.25, 0.3) is 0 Å². The van der Waals surface area contributed by atoms with Crippen LogP contribution in [0.2, 0.25) is 0 Å². The third-order valence-corrected chi connectivity index (χ3v) is 2.38. The van der Waals surface area contributed by atoms with E-state index in [0.717, 1.165) is 5.56 Å². The first kappa shape index (κ1) is 13.1. The van der Waals surface area contributed by atoms with Gasteiger partial charge in [0.05, 0.1) is 7.11 Å². The maximum Gasteiger partial charge on any atom is 0.305 e. The number of ether oxygens (including phenoxy) is 1. The Kier molecular flexibility index (Phi) is 5.09. The Morgan fingerprint density at radius 2 is 2.18 bits per heavy atom. The second-order valence-electron chi connectivity index (χ2n) is 3.98. The minimum Gasteiger partial charge on any atom is -0.469 e. The van der Waals surface area contributed by atoms with Crippen LogP contribution in [-0.4, -0.2) is 13.1 Å². The van der Waals surface area contributed by atoms with Crippen LogP contribution in [0.5, 0.6) is 0 Å². The number of nitrogens with two attached hydrogens (primary N) is 1. The summed E-state index contributed by atoms with van der Waals surface area (Å²) < 4.78 is 4.60. The number of methoxy groups -OCH3 is 1. The molecule has 0 spiro atoms. The Morgan fingerprint density at radius 1 is 1.47 bits per heavy atom. The van der Waals surface area contributed by atoms with E-state index >= 15 is 0 Å². The second kappa shape index (κ2) is 6.59. The zero-order valence-electron chi connectivity index (χ0n) is 10.2. The van der Waals surface area contributed by atoms with Crippen molar-refractivity contribution in [3.63, 3.8) is 0 Å². The van der Waals surface area contributed by atoms with Crippen molar-refractivity contribution in [2.75, 3.05) is 12.8 Å². The largest absolute Gasteiger partial charge is 0.469 e. The first-order valence-corrected chi connectivity index (χ1v) is 5.53. The number of benzene rings is 1. The lowest BCUT2D eigenvalue weighted by Gasteiger charge is -2.04. The fraction of sp³-hybridized carbons (Fsp3) is 0.357. The van der Waals surface area contributed by atoms with Crippen molar-refractivity contribution in [2.45, 2.75) is 19.8 Å². The number of carbonyl (C=O) groups is 1. The number of hydrogen-bond donors (Lipinski definition) is 1. The Bertz CT molecular complexity index is 443. The molecular formula is C14H17NO2. The number of para-hydroxylation sites is 1. The van der Waals surface area contributed by atoms with Crippen molar-refractivity contribution < 1.29 is 9.53 Å². The normalized spacial score (nSPS) is 11.2. The highest BCUT2D eigenvalue weighted by atomic mass is 16.5. The standard InChI is InChI=1S/C14H17NO2/c1-11(10-14(16)17-2)6-5-8-12-7-3-4-9-13(12)15/h3-4,7,9,11H,6,10,15H2,1-2H3/t11-/m1/s1. The average molecular weight is 231 g/mol. The summed E-state index contributed by atoms with van der Waals surface area (Å²) in [5, 5.41) is 0. The van der Waals surface area contributed by atoms with Crippen LogP contribution < -0.4 is 5.73 Å². The van der Waals surface area contributed by atoms with Crippen LogP contribution in [0.1, 0.15) is 25.3 Å². The van der Waals surface area contributed by atoms with Gasteiger partial charge < -0.3 is 10.5 Å². The molecule has 0 saturated carbocycles. The van der Waals surface area contributed by atoms with E-state index in [4.69, 9.17) is 5.73 Å². The van der Waals surface area contributed by atoms with E-state index in [1.165, 1.54) is 7.11 Å². The first-order chi connectivity index (χ1) is 8.13. The Hall–Kier alpha value is -1.95. The quantitative estimate of drug-likeness (QED) is 0.493. The number of anilines is 1. The van der Waals surface area contributed by atoms with Crippen molar-refractivity contribution in [3.8, 4) is 11.8 Å². The van der Waals surface area contributed by atoms with Gasteiger partial charge in [0.15, 0.2) is 0 Å². The fourth-order valence-corrected chi connectivity index (χ4v) is 1.37. The molecule has 17 heavy (non-hydrogen) atoms. The summed E-state index contributed by atoms with van der Waals surface area (Å²) in [6, 6.07) is 7.48. The lowest BCUT2D eigenvalue weighted by Crippen LogP contribution is -2.06. The van der Waals surface area contributed by atoms with Crippen molar-refractivity contribution in [3.05, 3.63) is 29.8 Å². The van der Waals surface area contributed by atoms with E-state index in [2.05, 4.69) is 16.6 Å². The van der Waals surface area contributed by atoms with Gasteiger partial charge in [-0.25, -0.2) is 0 Å². The lowest BCUT2D eigenvalue weighted by atomic mass is 10.0. The van der Waals surface area contributed by atoms with Crippen molar-refractivity contribution in [1.82, 2.24) is 0 Å². The smallest absolute Gasteiger partial charge is 0.305 e. The number of nitrogen functional groups attached to an aromatic ring is 1. The predicted octanol–water partition coefficient (Wildman–Crippen LogP) is 2.21. The molecule has 3 nitrogen and oxygen atoms in total. The van der Waals surface area contributed by atoms with Gasteiger partial charge in [0.25, 0.3) is 0 Å². The first-order valence-electron chi connectivity index (χ1n) is 5.53. The summed E-state index contributed by atoms with van der Waals surface area (Å²) in [5.41, 5.74) is 7.28. The Balaban J connectivity index is 2.51. The van der Waals surface area contributed by atoms with Gasteiger partial charge in [-0.1, -0.05) is 30.9 Å². The molecule has 0 heterocycles. The molecule has 0 aliphatic rings. The van der Waals surface area contributed by atoms with E-state index in [9.17, 15) is 4.79 Å². The van der Waals surface area contributed by atoms with Crippen LogP contribution in [0.4, 0.5) is 5.69 Å². The maximum absolute atomic E-state index is 11.0. The Labute approximate surface area is 102 Å². The molecule has 0 aliphatic heterocycles. The van der Waals surface area contributed by atoms with E-state index in [1.54, 1.807) is 0 Å². The highest BCUT2D eigenvalue weighted by Crippen LogP contribution is 2.10. The minimum absolute atomic E-state index is 0.194. The molecule has 2 N–H and O–H groups in total. The molecule has 0 amide bonds. The summed E-state index contributed by atoms with van der Waals surface area (Å²) in [6.45, 7) is 1.97. The molecule has 3 heteroatoms. The second-order valence-corrected chi connectivity index (χ2v) is 3.98. The van der Waals surface area contributed by atoms with Gasteiger partial charge in [-0.3, -0.25) is 4.79 Å². The summed E-state index contributed by atoms with van der Waals surface area (Å²) in [4.78, 5) is 11.0. The van der Waals surface area contributed by atoms with Crippen molar-refractivity contribution >= 4 is 11.7 Å². The van der Waals surface area contributed by atoms with Crippen LogP contribution in [-0.2, 0) is 9.53 Å². The predicted molar refractivity (Wildman–Crippen MR) is 68.1 cm³/mol. The third-order valence-electron chi connectivity index (χ3n) is 2.38. The minimum atomic E-state index is -0.196. The highest BCUT2D eigenvalue weighted by molar-refractivity contribution is 5.69. The lowest BCUT2D eigenvalue weighted by molar-refractivity contribution is -0.141. The average Bonchev–Trinajstić information content (AvgIpc) is 2.31. The summed E-state index contributed by atoms with van der Waals surface area (Å²) in [7, 11) is 1.39. The van der Waals surface area contributed by atoms with Gasteiger partial charge in [-0.05, 0) is 18.1 Å². The summed E-state index contributed by atoms with van der Waals surface area (Å²) in [5.74, 6) is 6.04. The van der Waals surface area contributed by atoms with E-state index < -0.39 is 0 Å². The van der Waals surface area contributed by atoms with E-state index in [-0.39, 0.29) is 11.9 Å². The Morgan fingerprint density at radius 3 is 2.82 bits per heavy atom. The van der Waals surface area contributed by atoms with E-state index in [1.807, 2.05) is 31.2 Å². The van der Waals surface area contributed by atoms with Gasteiger partial charge >= 0.3 is 5.97 Å². The molecule has 0 radical (unpaired) electrons. The molecule has 0 fully saturated rings. The third kappa shape index (κ3) is 4.60. The van der Waals surface area contributed by atoms with Crippen molar-refractivity contribution in [2.24, 2.45) is 5.92 Å². The molecule has 0 saturated heterocycles. The monoisotopic (exact) mass is 231 g/mol. The summed E-state index contributed by atoms with van der Waals surface area (Å²) >= 11 is 0. The van der Waals surface area contributed by atoms with E-state index in [0.29, 0.717) is 18.5 Å². The molecule has 1 aromatic rings. The molecule has 1 rings (SSSR count). The fourth-order valence-electron chi connectivity index (χ4n) is 1.37. The van der Waals surface area contributed by atoms with Gasteiger partial charge in [0.1, 0.15) is 0 Å². The molecule has 0 aliphatic carbocycles.